The summed E-state index contributed by atoms with van der Waals surface area (Å²) in [5, 5.41) is 3.05. The molecule has 4 aromatic rings. The van der Waals surface area contributed by atoms with E-state index in [2.05, 4.69) is 5.32 Å². The average molecular weight is 652 g/mol. The second-order valence-electron chi connectivity index (χ2n) is 10.7. The lowest BCUT2D eigenvalue weighted by atomic mass is 10.0. The molecule has 236 valence electrons. The number of amides is 2. The van der Waals surface area contributed by atoms with Crippen LogP contribution in [0.4, 0.5) is 10.1 Å². The molecule has 0 radical (unpaired) electrons. The summed E-state index contributed by atoms with van der Waals surface area (Å²) in [7, 11) is -2.85. The van der Waals surface area contributed by atoms with Crippen LogP contribution in [0.25, 0.3) is 0 Å². The number of hydrogen-bond acceptors (Lipinski definition) is 5. The molecule has 4 rings (SSSR count). The van der Waals surface area contributed by atoms with E-state index < -0.39 is 40.2 Å². The fraction of sp³-hybridized carbons (Fsp3) is 0.235. The van der Waals surface area contributed by atoms with Gasteiger partial charge in [-0.3, -0.25) is 13.9 Å². The molecule has 0 aromatic heterocycles. The van der Waals surface area contributed by atoms with E-state index in [9.17, 15) is 22.4 Å². The molecular formula is C34H35ClFN3O5S. The molecule has 4 aromatic carbocycles. The smallest absolute Gasteiger partial charge is 0.264 e. The molecule has 0 saturated carbocycles. The highest BCUT2D eigenvalue weighted by atomic mass is 35.5. The minimum atomic E-state index is -4.29. The summed E-state index contributed by atoms with van der Waals surface area (Å²) in [5.41, 5.74) is 1.49. The second-order valence-corrected chi connectivity index (χ2v) is 12.9. The number of anilines is 1. The van der Waals surface area contributed by atoms with Crippen molar-refractivity contribution in [3.05, 3.63) is 125 Å². The predicted octanol–water partition coefficient (Wildman–Crippen LogP) is 5.85. The number of nitrogens with zero attached hydrogens (tertiary/aromatic N) is 2. The van der Waals surface area contributed by atoms with Gasteiger partial charge in [-0.05, 0) is 67.4 Å². The Morgan fingerprint density at radius 2 is 1.51 bits per heavy atom. The number of methoxy groups -OCH3 is 1. The van der Waals surface area contributed by atoms with Gasteiger partial charge in [-0.2, -0.15) is 0 Å². The van der Waals surface area contributed by atoms with Crippen LogP contribution in [-0.2, 0) is 32.6 Å². The van der Waals surface area contributed by atoms with Crippen LogP contribution >= 0.6 is 11.6 Å². The molecule has 0 bridgehead atoms. The van der Waals surface area contributed by atoms with Crippen molar-refractivity contribution in [2.45, 2.75) is 43.8 Å². The molecule has 11 heteroatoms. The molecule has 2 amide bonds. The zero-order chi connectivity index (χ0) is 32.6. The third-order valence-corrected chi connectivity index (χ3v) is 9.09. The monoisotopic (exact) mass is 651 g/mol. The van der Waals surface area contributed by atoms with E-state index in [-0.39, 0.29) is 34.6 Å². The molecule has 1 atom stereocenters. The van der Waals surface area contributed by atoms with Gasteiger partial charge in [-0.15, -0.1) is 0 Å². The number of carbonyl (C=O) groups excluding carboxylic acids is 2. The molecule has 0 spiro atoms. The Bertz CT molecular complexity index is 1710. The van der Waals surface area contributed by atoms with Crippen molar-refractivity contribution in [3.63, 3.8) is 0 Å². The highest BCUT2D eigenvalue weighted by Gasteiger charge is 2.35. The van der Waals surface area contributed by atoms with Gasteiger partial charge in [0.05, 0.1) is 22.7 Å². The predicted molar refractivity (Wildman–Crippen MR) is 173 cm³/mol. The van der Waals surface area contributed by atoms with Gasteiger partial charge in [0.25, 0.3) is 10.0 Å². The lowest BCUT2D eigenvalue weighted by molar-refractivity contribution is -0.140. The lowest BCUT2D eigenvalue weighted by Gasteiger charge is -2.34. The molecule has 0 saturated heterocycles. The Hall–Kier alpha value is -4.41. The van der Waals surface area contributed by atoms with Crippen LogP contribution in [0.15, 0.2) is 108 Å². The third kappa shape index (κ3) is 8.61. The van der Waals surface area contributed by atoms with Crippen LogP contribution in [0.2, 0.25) is 5.02 Å². The molecule has 0 aliphatic heterocycles. The molecule has 0 heterocycles. The first kappa shape index (κ1) is 33.5. The van der Waals surface area contributed by atoms with Crippen LogP contribution in [-0.4, -0.2) is 50.9 Å². The summed E-state index contributed by atoms with van der Waals surface area (Å²) in [4.78, 5) is 29.4. The summed E-state index contributed by atoms with van der Waals surface area (Å²) < 4.78 is 48.1. The standard InChI is InChI=1S/C34H35ClFN3O5S/c1-24(2)37-34(41)31(20-25-10-6-4-7-11-25)38(22-26-14-16-27(36)17-15-26)33(40)23-39(28-18-19-32(44-3)30(35)21-28)45(42,43)29-12-8-5-9-13-29/h4-19,21,24,31H,20,22-23H2,1-3H3,(H,37,41)/t31-/m1/s1. The Kier molecular flexibility index (Phi) is 11.2. The second kappa shape index (κ2) is 15.0. The van der Waals surface area contributed by atoms with Gasteiger partial charge in [-0.25, -0.2) is 12.8 Å². The molecule has 45 heavy (non-hydrogen) atoms. The van der Waals surface area contributed by atoms with E-state index in [0.717, 1.165) is 9.87 Å². The molecule has 1 N–H and O–H groups in total. The normalized spacial score (nSPS) is 12.0. The van der Waals surface area contributed by atoms with Crippen molar-refractivity contribution in [2.75, 3.05) is 18.0 Å². The first-order chi connectivity index (χ1) is 21.5. The number of hydrogen-bond donors (Lipinski definition) is 1. The number of rotatable bonds is 13. The van der Waals surface area contributed by atoms with Gasteiger partial charge in [0, 0.05) is 19.0 Å². The van der Waals surface area contributed by atoms with Crippen molar-refractivity contribution in [1.82, 2.24) is 10.2 Å². The van der Waals surface area contributed by atoms with Crippen LogP contribution in [0.5, 0.6) is 5.75 Å². The van der Waals surface area contributed by atoms with Gasteiger partial charge in [0.15, 0.2) is 0 Å². The Morgan fingerprint density at radius 3 is 2.09 bits per heavy atom. The first-order valence-electron chi connectivity index (χ1n) is 14.3. The maximum Gasteiger partial charge on any atom is 0.264 e. The average Bonchev–Trinajstić information content (AvgIpc) is 3.02. The fourth-order valence-electron chi connectivity index (χ4n) is 4.78. The maximum atomic E-state index is 14.4. The van der Waals surface area contributed by atoms with Crippen molar-refractivity contribution in [3.8, 4) is 5.75 Å². The number of sulfonamides is 1. The number of benzene rings is 4. The van der Waals surface area contributed by atoms with Gasteiger partial charge < -0.3 is 15.0 Å². The van der Waals surface area contributed by atoms with E-state index in [4.69, 9.17) is 16.3 Å². The quantitative estimate of drug-likeness (QED) is 0.196. The molecule has 0 unspecified atom stereocenters. The lowest BCUT2D eigenvalue weighted by Crippen LogP contribution is -2.54. The Morgan fingerprint density at radius 1 is 0.889 bits per heavy atom. The molecule has 8 nitrogen and oxygen atoms in total. The van der Waals surface area contributed by atoms with Crippen molar-refractivity contribution >= 4 is 39.1 Å². The van der Waals surface area contributed by atoms with Crippen molar-refractivity contribution < 1.29 is 27.1 Å². The zero-order valence-electron chi connectivity index (χ0n) is 25.2. The third-order valence-electron chi connectivity index (χ3n) is 7.00. The van der Waals surface area contributed by atoms with Crippen LogP contribution in [0, 0.1) is 5.82 Å². The van der Waals surface area contributed by atoms with E-state index in [0.29, 0.717) is 11.3 Å². The molecule has 0 aliphatic rings. The van der Waals surface area contributed by atoms with Gasteiger partial charge in [-0.1, -0.05) is 72.3 Å². The molecule has 0 aliphatic carbocycles. The summed E-state index contributed by atoms with van der Waals surface area (Å²) >= 11 is 6.39. The van der Waals surface area contributed by atoms with Crippen LogP contribution < -0.4 is 14.4 Å². The molecular weight excluding hydrogens is 617 g/mol. The molecule has 0 fully saturated rings. The van der Waals surface area contributed by atoms with Crippen molar-refractivity contribution in [2.24, 2.45) is 0 Å². The minimum absolute atomic E-state index is 0.0341. The Balaban J connectivity index is 1.82. The van der Waals surface area contributed by atoms with Gasteiger partial charge >= 0.3 is 0 Å². The van der Waals surface area contributed by atoms with Gasteiger partial charge in [0.2, 0.25) is 11.8 Å². The van der Waals surface area contributed by atoms with E-state index in [1.54, 1.807) is 18.2 Å². The van der Waals surface area contributed by atoms with Gasteiger partial charge in [0.1, 0.15) is 24.2 Å². The summed E-state index contributed by atoms with van der Waals surface area (Å²) in [6.07, 6.45) is 0.159. The van der Waals surface area contributed by atoms with E-state index in [1.165, 1.54) is 66.6 Å². The number of nitrogens with one attached hydrogen (secondary N) is 1. The summed E-state index contributed by atoms with van der Waals surface area (Å²) in [6.45, 7) is 2.89. The summed E-state index contributed by atoms with van der Waals surface area (Å²) in [5.74, 6) is -1.18. The van der Waals surface area contributed by atoms with Crippen LogP contribution in [0.1, 0.15) is 25.0 Å². The maximum absolute atomic E-state index is 14.4. The van der Waals surface area contributed by atoms with E-state index in [1.807, 2.05) is 44.2 Å². The first-order valence-corrected chi connectivity index (χ1v) is 16.1. The topological polar surface area (TPSA) is 96.0 Å². The minimum Gasteiger partial charge on any atom is -0.495 e. The van der Waals surface area contributed by atoms with Crippen LogP contribution in [0.3, 0.4) is 0 Å². The number of ether oxygens (including phenoxy) is 1. The van der Waals surface area contributed by atoms with Crippen molar-refractivity contribution in [1.29, 1.82) is 0 Å². The number of halogens is 2. The number of carbonyl (C=O) groups is 2. The van der Waals surface area contributed by atoms with E-state index >= 15 is 0 Å². The summed E-state index contributed by atoms with van der Waals surface area (Å²) in [6, 6.07) is 25.7. The Labute approximate surface area is 268 Å². The zero-order valence-corrected chi connectivity index (χ0v) is 26.8. The highest BCUT2D eigenvalue weighted by molar-refractivity contribution is 7.92. The highest BCUT2D eigenvalue weighted by Crippen LogP contribution is 2.32. The fourth-order valence-corrected chi connectivity index (χ4v) is 6.46. The SMILES string of the molecule is COc1ccc(N(CC(=O)N(Cc2ccc(F)cc2)[C@H](Cc2ccccc2)C(=O)NC(C)C)S(=O)(=O)c2ccccc2)cc1Cl. The largest absolute Gasteiger partial charge is 0.495 e.